The molecule has 5 rings (SSSR count). The monoisotopic (exact) mass is 384 g/mol. The Hall–Kier alpha value is -2.60. The molecule has 3 atom stereocenters. The zero-order valence-electron chi connectivity index (χ0n) is 16.3. The lowest BCUT2D eigenvalue weighted by molar-refractivity contribution is 0.173. The lowest BCUT2D eigenvalue weighted by Gasteiger charge is -2.35. The summed E-state index contributed by atoms with van der Waals surface area (Å²) in [5, 5.41) is 0. The third-order valence-electron chi connectivity index (χ3n) is 6.17. The Morgan fingerprint density at radius 2 is 1.57 bits per heavy atom. The van der Waals surface area contributed by atoms with E-state index >= 15 is 0 Å². The van der Waals surface area contributed by atoms with Crippen LogP contribution in [0.15, 0.2) is 24.3 Å². The second-order valence-electron chi connectivity index (χ2n) is 7.51. The third-order valence-corrected chi connectivity index (χ3v) is 6.17. The molecular weight excluding hydrogens is 360 g/mol. The molecule has 148 valence electrons. The maximum absolute atomic E-state index is 5.88. The predicted molar refractivity (Wildman–Crippen MR) is 102 cm³/mol. The van der Waals surface area contributed by atoms with Crippen molar-refractivity contribution in [3.05, 3.63) is 41.0 Å². The molecule has 28 heavy (non-hydrogen) atoms. The summed E-state index contributed by atoms with van der Waals surface area (Å²) >= 11 is 0. The first kappa shape index (κ1) is 17.5. The van der Waals surface area contributed by atoms with Crippen LogP contribution in [-0.2, 0) is 11.2 Å². The van der Waals surface area contributed by atoms with Crippen LogP contribution < -0.4 is 23.7 Å². The molecule has 0 unspecified atom stereocenters. The fraction of sp³-hybridized carbons (Fsp3) is 0.455. The van der Waals surface area contributed by atoms with E-state index in [2.05, 4.69) is 24.3 Å². The van der Waals surface area contributed by atoms with Gasteiger partial charge in [0.2, 0.25) is 12.5 Å². The minimum Gasteiger partial charge on any atom is -0.493 e. The molecule has 6 nitrogen and oxygen atoms in total. The largest absolute Gasteiger partial charge is 0.493 e. The highest BCUT2D eigenvalue weighted by Gasteiger charge is 2.42. The van der Waals surface area contributed by atoms with Gasteiger partial charge < -0.3 is 28.4 Å². The SMILES string of the molecule is COc1cc([C@@H]2c3cc4c(cc3C[C@H]3COC[C@H]32)OCO4)cc(OC)c1OC. The molecule has 0 aromatic heterocycles. The molecule has 0 N–H and O–H groups in total. The lowest BCUT2D eigenvalue weighted by atomic mass is 9.68. The van der Waals surface area contributed by atoms with Gasteiger partial charge in [0, 0.05) is 5.92 Å². The smallest absolute Gasteiger partial charge is 0.231 e. The molecule has 2 aromatic rings. The Morgan fingerprint density at radius 1 is 0.857 bits per heavy atom. The molecule has 1 aliphatic carbocycles. The van der Waals surface area contributed by atoms with Gasteiger partial charge in [0.25, 0.3) is 0 Å². The molecule has 0 saturated carbocycles. The van der Waals surface area contributed by atoms with E-state index in [0.29, 0.717) is 29.1 Å². The first-order valence-electron chi connectivity index (χ1n) is 9.53. The lowest BCUT2D eigenvalue weighted by Crippen LogP contribution is -2.29. The average Bonchev–Trinajstić information content (AvgIpc) is 3.37. The van der Waals surface area contributed by atoms with Crippen molar-refractivity contribution >= 4 is 0 Å². The van der Waals surface area contributed by atoms with Gasteiger partial charge in [-0.1, -0.05) is 0 Å². The topological polar surface area (TPSA) is 55.4 Å². The van der Waals surface area contributed by atoms with E-state index in [1.807, 2.05) is 0 Å². The molecular formula is C22H24O6. The van der Waals surface area contributed by atoms with E-state index < -0.39 is 0 Å². The summed E-state index contributed by atoms with van der Waals surface area (Å²) in [7, 11) is 4.92. The molecule has 3 aliphatic rings. The average molecular weight is 384 g/mol. The van der Waals surface area contributed by atoms with Crippen LogP contribution in [0, 0.1) is 11.8 Å². The van der Waals surface area contributed by atoms with Crippen molar-refractivity contribution in [2.24, 2.45) is 11.8 Å². The minimum absolute atomic E-state index is 0.166. The van der Waals surface area contributed by atoms with Gasteiger partial charge in [0.1, 0.15) is 0 Å². The molecule has 6 heteroatoms. The Balaban J connectivity index is 1.68. The summed E-state index contributed by atoms with van der Waals surface area (Å²) in [6, 6.07) is 8.39. The minimum atomic E-state index is 0.166. The van der Waals surface area contributed by atoms with Gasteiger partial charge in [-0.25, -0.2) is 0 Å². The van der Waals surface area contributed by atoms with Crippen LogP contribution in [0.1, 0.15) is 22.6 Å². The molecule has 0 spiro atoms. The highest BCUT2D eigenvalue weighted by atomic mass is 16.7. The van der Waals surface area contributed by atoms with E-state index in [1.54, 1.807) is 21.3 Å². The van der Waals surface area contributed by atoms with Gasteiger partial charge in [0.15, 0.2) is 23.0 Å². The molecule has 1 saturated heterocycles. The molecule has 0 bridgehead atoms. The van der Waals surface area contributed by atoms with Gasteiger partial charge in [0.05, 0.1) is 34.5 Å². The molecule has 0 amide bonds. The number of methoxy groups -OCH3 is 3. The zero-order valence-corrected chi connectivity index (χ0v) is 16.3. The van der Waals surface area contributed by atoms with Crippen molar-refractivity contribution in [1.82, 2.24) is 0 Å². The second kappa shape index (κ2) is 6.78. The van der Waals surface area contributed by atoms with Crippen molar-refractivity contribution in [2.75, 3.05) is 41.3 Å². The van der Waals surface area contributed by atoms with Gasteiger partial charge in [-0.15, -0.1) is 0 Å². The van der Waals surface area contributed by atoms with E-state index in [0.717, 1.165) is 36.7 Å². The maximum Gasteiger partial charge on any atom is 0.231 e. The van der Waals surface area contributed by atoms with Crippen LogP contribution in [0.25, 0.3) is 0 Å². The molecule has 2 aromatic carbocycles. The van der Waals surface area contributed by atoms with Crippen LogP contribution in [0.2, 0.25) is 0 Å². The highest BCUT2D eigenvalue weighted by molar-refractivity contribution is 5.58. The van der Waals surface area contributed by atoms with Crippen molar-refractivity contribution in [3.63, 3.8) is 0 Å². The van der Waals surface area contributed by atoms with E-state index in [4.69, 9.17) is 28.4 Å². The number of ether oxygens (including phenoxy) is 6. The van der Waals surface area contributed by atoms with Gasteiger partial charge in [-0.3, -0.25) is 0 Å². The van der Waals surface area contributed by atoms with Crippen molar-refractivity contribution in [3.8, 4) is 28.7 Å². The van der Waals surface area contributed by atoms with E-state index in [1.165, 1.54) is 11.1 Å². The van der Waals surface area contributed by atoms with E-state index in [9.17, 15) is 0 Å². The second-order valence-corrected chi connectivity index (χ2v) is 7.51. The number of hydrogen-bond donors (Lipinski definition) is 0. The van der Waals surface area contributed by atoms with Crippen molar-refractivity contribution < 1.29 is 28.4 Å². The zero-order chi connectivity index (χ0) is 19.3. The molecule has 1 fully saturated rings. The normalized spacial score (nSPS) is 24.5. The first-order chi connectivity index (χ1) is 13.7. The van der Waals surface area contributed by atoms with Crippen LogP contribution in [-0.4, -0.2) is 41.3 Å². The number of benzene rings is 2. The fourth-order valence-electron chi connectivity index (χ4n) is 4.88. The van der Waals surface area contributed by atoms with Crippen LogP contribution in [0.4, 0.5) is 0 Å². The Labute approximate surface area is 164 Å². The summed E-state index contributed by atoms with van der Waals surface area (Å²) in [4.78, 5) is 0. The van der Waals surface area contributed by atoms with Crippen molar-refractivity contribution in [1.29, 1.82) is 0 Å². The van der Waals surface area contributed by atoms with Gasteiger partial charge in [-0.05, 0) is 59.2 Å². The number of hydrogen-bond acceptors (Lipinski definition) is 6. The summed E-state index contributed by atoms with van der Waals surface area (Å²) < 4.78 is 33.9. The highest BCUT2D eigenvalue weighted by Crippen LogP contribution is 2.52. The molecule has 0 radical (unpaired) electrons. The number of fused-ring (bicyclic) bond motifs is 3. The summed E-state index contributed by atoms with van der Waals surface area (Å²) in [5.74, 6) is 4.63. The fourth-order valence-corrected chi connectivity index (χ4v) is 4.88. The Morgan fingerprint density at radius 3 is 2.25 bits per heavy atom. The maximum atomic E-state index is 5.88. The summed E-state index contributed by atoms with van der Waals surface area (Å²) in [5.41, 5.74) is 3.70. The summed E-state index contributed by atoms with van der Waals surface area (Å²) in [6.07, 6.45) is 0.998. The molecule has 2 heterocycles. The summed E-state index contributed by atoms with van der Waals surface area (Å²) in [6.45, 7) is 1.82. The molecule has 2 aliphatic heterocycles. The Kier molecular flexibility index (Phi) is 4.23. The predicted octanol–water partition coefficient (Wildman–Crippen LogP) is 3.39. The van der Waals surface area contributed by atoms with Crippen LogP contribution >= 0.6 is 0 Å². The quantitative estimate of drug-likeness (QED) is 0.805. The first-order valence-corrected chi connectivity index (χ1v) is 9.53. The van der Waals surface area contributed by atoms with Crippen LogP contribution in [0.5, 0.6) is 28.7 Å². The van der Waals surface area contributed by atoms with Crippen molar-refractivity contribution in [2.45, 2.75) is 12.3 Å². The van der Waals surface area contributed by atoms with E-state index in [-0.39, 0.29) is 12.7 Å². The number of rotatable bonds is 4. The standard InChI is InChI=1S/C22H24O6/c1-23-19-6-13(7-20(24-2)22(19)25-3)21-15-8-18-17(27-11-28-18)5-12(15)4-14-9-26-10-16(14)21/h5-8,14,16,21H,4,9-11H2,1-3H3/t14-,16+,21+/m0/s1. The van der Waals surface area contributed by atoms with Gasteiger partial charge >= 0.3 is 0 Å². The Bertz CT molecular complexity index is 883. The van der Waals surface area contributed by atoms with Crippen LogP contribution in [0.3, 0.4) is 0 Å². The third kappa shape index (κ3) is 2.58. The van der Waals surface area contributed by atoms with Gasteiger partial charge in [-0.2, -0.15) is 0 Å².